The average molecular weight is 204 g/mol. The summed E-state index contributed by atoms with van der Waals surface area (Å²) in [5.74, 6) is 0. The summed E-state index contributed by atoms with van der Waals surface area (Å²) in [6.45, 7) is 2.05. The highest BCUT2D eigenvalue weighted by Gasteiger charge is 2.06. The van der Waals surface area contributed by atoms with Gasteiger partial charge in [0.15, 0.2) is 5.16 Å². The Morgan fingerprint density at radius 1 is 1.21 bits per heavy atom. The van der Waals surface area contributed by atoms with Crippen molar-refractivity contribution in [2.24, 2.45) is 0 Å². The Morgan fingerprint density at radius 3 is 2.50 bits per heavy atom. The lowest BCUT2D eigenvalue weighted by Crippen LogP contribution is -1.79. The fourth-order valence-corrected chi connectivity index (χ4v) is 1.84. The molecule has 72 valence electrons. The van der Waals surface area contributed by atoms with Gasteiger partial charge in [-0.25, -0.2) is 4.98 Å². The lowest BCUT2D eigenvalue weighted by Gasteiger charge is -1.96. The molecular weight excluding hydrogens is 192 g/mol. The fraction of sp³-hybridized carbons (Fsp3) is 0.182. The Labute approximate surface area is 87.8 Å². The molecule has 0 unspecified atom stereocenters. The van der Waals surface area contributed by atoms with Crippen LogP contribution in [0.4, 0.5) is 0 Å². The highest BCUT2D eigenvalue weighted by atomic mass is 32.2. The Morgan fingerprint density at radius 2 is 1.93 bits per heavy atom. The van der Waals surface area contributed by atoms with Gasteiger partial charge in [0.25, 0.3) is 0 Å². The van der Waals surface area contributed by atoms with Gasteiger partial charge in [-0.15, -0.1) is 0 Å². The van der Waals surface area contributed by atoms with Gasteiger partial charge in [0, 0.05) is 11.3 Å². The predicted octanol–water partition coefficient (Wildman–Crippen LogP) is 3.11. The van der Waals surface area contributed by atoms with E-state index in [-0.39, 0.29) is 0 Å². The number of aryl methyl sites for hydroxylation is 1. The first-order valence-electron chi connectivity index (χ1n) is 4.47. The van der Waals surface area contributed by atoms with E-state index in [1.165, 1.54) is 5.56 Å². The summed E-state index contributed by atoms with van der Waals surface area (Å²) in [7, 11) is 0. The number of hydrogen-bond donors (Lipinski definition) is 1. The topological polar surface area (TPSA) is 28.7 Å². The summed E-state index contributed by atoms with van der Waals surface area (Å²) < 4.78 is 0. The first-order valence-corrected chi connectivity index (χ1v) is 5.70. The monoisotopic (exact) mass is 204 g/mol. The molecule has 2 nitrogen and oxygen atoms in total. The maximum atomic E-state index is 4.51. The molecule has 0 aliphatic carbocycles. The number of H-pyrrole nitrogens is 1. The van der Waals surface area contributed by atoms with E-state index >= 15 is 0 Å². The minimum atomic E-state index is 0.973. The minimum absolute atomic E-state index is 0.973. The number of hydrogen-bond acceptors (Lipinski definition) is 2. The number of rotatable bonds is 2. The van der Waals surface area contributed by atoms with Crippen LogP contribution in [0.2, 0.25) is 0 Å². The Balaban J connectivity index is 2.46. The van der Waals surface area contributed by atoms with E-state index in [0.29, 0.717) is 0 Å². The minimum Gasteiger partial charge on any atom is -0.337 e. The Bertz CT molecular complexity index is 420. The summed E-state index contributed by atoms with van der Waals surface area (Å²) >= 11 is 1.63. The van der Waals surface area contributed by atoms with Gasteiger partial charge < -0.3 is 4.98 Å². The molecule has 1 heterocycles. The number of aromatic nitrogens is 2. The van der Waals surface area contributed by atoms with E-state index in [1.807, 2.05) is 24.5 Å². The van der Waals surface area contributed by atoms with Crippen LogP contribution in [-0.2, 0) is 0 Å². The zero-order valence-electron chi connectivity index (χ0n) is 8.24. The van der Waals surface area contributed by atoms with Crippen molar-refractivity contribution in [2.45, 2.75) is 12.1 Å². The second-order valence-corrected chi connectivity index (χ2v) is 3.88. The predicted molar refractivity (Wildman–Crippen MR) is 60.5 cm³/mol. The third kappa shape index (κ3) is 1.68. The smallest absolute Gasteiger partial charge is 0.165 e. The molecule has 0 fully saturated rings. The second kappa shape index (κ2) is 3.88. The van der Waals surface area contributed by atoms with E-state index in [9.17, 15) is 0 Å². The number of nitrogens with zero attached hydrogens (tertiary/aromatic N) is 1. The van der Waals surface area contributed by atoms with E-state index in [2.05, 4.69) is 29.0 Å². The molecule has 0 saturated carbocycles. The highest BCUT2D eigenvalue weighted by molar-refractivity contribution is 7.98. The second-order valence-electron chi connectivity index (χ2n) is 3.09. The van der Waals surface area contributed by atoms with Crippen molar-refractivity contribution in [3.63, 3.8) is 0 Å². The van der Waals surface area contributed by atoms with Gasteiger partial charge in [0.1, 0.15) is 0 Å². The van der Waals surface area contributed by atoms with Crippen LogP contribution >= 0.6 is 11.8 Å². The van der Waals surface area contributed by atoms with Gasteiger partial charge in [-0.3, -0.25) is 0 Å². The van der Waals surface area contributed by atoms with Crippen molar-refractivity contribution in [3.05, 3.63) is 36.0 Å². The van der Waals surface area contributed by atoms with Crippen LogP contribution in [0.5, 0.6) is 0 Å². The van der Waals surface area contributed by atoms with E-state index in [0.717, 1.165) is 16.5 Å². The van der Waals surface area contributed by atoms with E-state index in [1.54, 1.807) is 11.8 Å². The number of aromatic amines is 1. The zero-order chi connectivity index (χ0) is 9.97. The molecule has 14 heavy (non-hydrogen) atoms. The van der Waals surface area contributed by atoms with Crippen LogP contribution < -0.4 is 0 Å². The van der Waals surface area contributed by atoms with Crippen molar-refractivity contribution >= 4 is 11.8 Å². The maximum Gasteiger partial charge on any atom is 0.165 e. The SMILES string of the molecule is CSc1nc(-c2ccccc2)c(C)[nH]1. The molecule has 2 aromatic rings. The number of imidazole rings is 1. The van der Waals surface area contributed by atoms with Gasteiger partial charge in [-0.1, -0.05) is 42.1 Å². The molecule has 0 aliphatic rings. The third-order valence-corrected chi connectivity index (χ3v) is 2.68. The van der Waals surface area contributed by atoms with Crippen LogP contribution in [0.15, 0.2) is 35.5 Å². The first-order chi connectivity index (χ1) is 6.81. The van der Waals surface area contributed by atoms with Crippen molar-refractivity contribution in [1.82, 2.24) is 9.97 Å². The normalized spacial score (nSPS) is 10.4. The third-order valence-electron chi connectivity index (χ3n) is 2.10. The Hall–Kier alpha value is -1.22. The summed E-state index contributed by atoms with van der Waals surface area (Å²) in [5.41, 5.74) is 3.34. The lowest BCUT2D eigenvalue weighted by molar-refractivity contribution is 1.05. The summed E-state index contributed by atoms with van der Waals surface area (Å²) in [5, 5.41) is 0.973. The van der Waals surface area contributed by atoms with Crippen molar-refractivity contribution in [3.8, 4) is 11.3 Å². The molecule has 0 aliphatic heterocycles. The van der Waals surface area contributed by atoms with Crippen LogP contribution in [0.25, 0.3) is 11.3 Å². The molecule has 1 N–H and O–H groups in total. The largest absolute Gasteiger partial charge is 0.337 e. The number of thioether (sulfide) groups is 1. The van der Waals surface area contributed by atoms with Crippen LogP contribution in [0.1, 0.15) is 5.69 Å². The summed E-state index contributed by atoms with van der Waals surface area (Å²) in [6, 6.07) is 10.2. The fourth-order valence-electron chi connectivity index (χ4n) is 1.41. The van der Waals surface area contributed by atoms with Crippen molar-refractivity contribution < 1.29 is 0 Å². The maximum absolute atomic E-state index is 4.51. The quantitative estimate of drug-likeness (QED) is 0.761. The molecule has 0 amide bonds. The molecule has 1 aromatic heterocycles. The first kappa shape index (κ1) is 9.34. The molecule has 1 aromatic carbocycles. The zero-order valence-corrected chi connectivity index (χ0v) is 9.06. The van der Waals surface area contributed by atoms with Gasteiger partial charge in [0.2, 0.25) is 0 Å². The molecule has 0 atom stereocenters. The van der Waals surface area contributed by atoms with Crippen LogP contribution in [0, 0.1) is 6.92 Å². The molecule has 2 rings (SSSR count). The van der Waals surface area contributed by atoms with Crippen LogP contribution in [-0.4, -0.2) is 16.2 Å². The van der Waals surface area contributed by atoms with Gasteiger partial charge in [0.05, 0.1) is 5.69 Å². The molecule has 0 saturated heterocycles. The van der Waals surface area contributed by atoms with E-state index in [4.69, 9.17) is 0 Å². The van der Waals surface area contributed by atoms with Gasteiger partial charge >= 0.3 is 0 Å². The number of nitrogens with one attached hydrogen (secondary N) is 1. The molecule has 0 spiro atoms. The van der Waals surface area contributed by atoms with Gasteiger partial charge in [-0.2, -0.15) is 0 Å². The standard InChI is InChI=1S/C11H12N2S/c1-8-10(13-11(12-8)14-2)9-6-4-3-5-7-9/h3-7H,1-2H3,(H,12,13). The number of benzene rings is 1. The van der Waals surface area contributed by atoms with Crippen LogP contribution in [0.3, 0.4) is 0 Å². The summed E-state index contributed by atoms with van der Waals surface area (Å²) in [6.07, 6.45) is 2.02. The van der Waals surface area contributed by atoms with Gasteiger partial charge in [-0.05, 0) is 13.2 Å². The van der Waals surface area contributed by atoms with Crippen molar-refractivity contribution in [1.29, 1.82) is 0 Å². The highest BCUT2D eigenvalue weighted by Crippen LogP contribution is 2.23. The van der Waals surface area contributed by atoms with Crippen molar-refractivity contribution in [2.75, 3.05) is 6.26 Å². The molecule has 0 bridgehead atoms. The average Bonchev–Trinajstić information content (AvgIpc) is 2.61. The summed E-state index contributed by atoms with van der Waals surface area (Å²) in [4.78, 5) is 7.75. The Kier molecular flexibility index (Phi) is 2.59. The molecule has 0 radical (unpaired) electrons. The molecule has 3 heteroatoms. The molecular formula is C11H12N2S. The van der Waals surface area contributed by atoms with E-state index < -0.39 is 0 Å². The lowest BCUT2D eigenvalue weighted by atomic mass is 10.1.